The van der Waals surface area contributed by atoms with Crippen LogP contribution >= 0.6 is 0 Å². The van der Waals surface area contributed by atoms with Crippen molar-refractivity contribution < 1.29 is 22.4 Å². The summed E-state index contributed by atoms with van der Waals surface area (Å²) in [5, 5.41) is 7.02. The molecule has 2 N–H and O–H groups in total. The number of hydrogen-bond acceptors (Lipinski definition) is 2. The summed E-state index contributed by atoms with van der Waals surface area (Å²) in [4.78, 5) is 17.0. The van der Waals surface area contributed by atoms with Crippen LogP contribution in [0.3, 0.4) is 0 Å². The van der Waals surface area contributed by atoms with Crippen molar-refractivity contribution in [3.05, 3.63) is 65.2 Å². The van der Waals surface area contributed by atoms with Gasteiger partial charge in [0, 0.05) is 36.5 Å². The Labute approximate surface area is 163 Å². The van der Waals surface area contributed by atoms with E-state index >= 15 is 0 Å². The molecule has 1 aliphatic rings. The van der Waals surface area contributed by atoms with Gasteiger partial charge >= 0.3 is 6.18 Å². The van der Waals surface area contributed by atoms with Crippen molar-refractivity contribution >= 4 is 5.91 Å². The maximum absolute atomic E-state index is 13.1. The number of carbonyl (C=O) groups excluding carboxylic acids is 1. The van der Waals surface area contributed by atoms with Gasteiger partial charge in [0.1, 0.15) is 11.5 Å². The summed E-state index contributed by atoms with van der Waals surface area (Å²) in [7, 11) is 0. The van der Waals surface area contributed by atoms with E-state index in [9.17, 15) is 22.4 Å². The molecule has 0 spiro atoms. The van der Waals surface area contributed by atoms with Crippen LogP contribution in [0.1, 0.15) is 40.4 Å². The first-order valence-electron chi connectivity index (χ1n) is 9.17. The predicted octanol–water partition coefficient (Wildman–Crippen LogP) is 4.58. The predicted molar refractivity (Wildman–Crippen MR) is 97.7 cm³/mol. The number of aromatic nitrogens is 3. The second-order valence-corrected chi connectivity index (χ2v) is 7.11. The van der Waals surface area contributed by atoms with Crippen LogP contribution < -0.4 is 0 Å². The van der Waals surface area contributed by atoms with E-state index < -0.39 is 17.6 Å². The van der Waals surface area contributed by atoms with Crippen LogP contribution in [-0.2, 0) is 6.18 Å². The number of H-pyrrole nitrogens is 2. The number of alkyl halides is 3. The van der Waals surface area contributed by atoms with Crippen LogP contribution in [-0.4, -0.2) is 39.1 Å². The highest BCUT2D eigenvalue weighted by Crippen LogP contribution is 2.33. The molecular formula is C20H18F4N4O. The van der Waals surface area contributed by atoms with Crippen molar-refractivity contribution in [2.45, 2.75) is 24.9 Å². The monoisotopic (exact) mass is 406 g/mol. The van der Waals surface area contributed by atoms with Gasteiger partial charge in [-0.3, -0.25) is 9.89 Å². The number of piperidine rings is 1. The van der Waals surface area contributed by atoms with Crippen molar-refractivity contribution in [3.8, 4) is 11.4 Å². The smallest absolute Gasteiger partial charge is 0.359 e. The molecule has 2 aromatic heterocycles. The lowest BCUT2D eigenvalue weighted by Gasteiger charge is -2.32. The normalized spacial score (nSPS) is 17.5. The van der Waals surface area contributed by atoms with E-state index in [0.29, 0.717) is 24.3 Å². The van der Waals surface area contributed by atoms with Gasteiger partial charge in [0.05, 0.1) is 11.3 Å². The van der Waals surface area contributed by atoms with E-state index in [0.717, 1.165) is 30.8 Å². The zero-order chi connectivity index (χ0) is 20.6. The van der Waals surface area contributed by atoms with Gasteiger partial charge in [-0.25, -0.2) is 4.39 Å². The summed E-state index contributed by atoms with van der Waals surface area (Å²) in [6.45, 7) is 1.05. The summed E-state index contributed by atoms with van der Waals surface area (Å²) in [6.07, 6.45) is -1.90. The fraction of sp³-hybridized carbons (Fsp3) is 0.300. The molecule has 152 valence electrons. The Morgan fingerprint density at radius 2 is 1.93 bits per heavy atom. The molecular weight excluding hydrogens is 388 g/mol. The number of aromatic amines is 2. The van der Waals surface area contributed by atoms with Crippen molar-refractivity contribution in [1.82, 2.24) is 20.1 Å². The van der Waals surface area contributed by atoms with Crippen molar-refractivity contribution in [2.75, 3.05) is 13.1 Å². The van der Waals surface area contributed by atoms with E-state index in [-0.39, 0.29) is 17.5 Å². The van der Waals surface area contributed by atoms with Crippen LogP contribution in [0.25, 0.3) is 11.4 Å². The van der Waals surface area contributed by atoms with Gasteiger partial charge in [-0.1, -0.05) is 0 Å². The topological polar surface area (TPSA) is 64.8 Å². The highest BCUT2D eigenvalue weighted by molar-refractivity contribution is 5.94. The summed E-state index contributed by atoms with van der Waals surface area (Å²) < 4.78 is 51.4. The quantitative estimate of drug-likeness (QED) is 0.626. The van der Waals surface area contributed by atoms with Gasteiger partial charge in [0.2, 0.25) is 0 Å². The molecule has 0 unspecified atom stereocenters. The second-order valence-electron chi connectivity index (χ2n) is 7.11. The van der Waals surface area contributed by atoms with Gasteiger partial charge in [0.15, 0.2) is 0 Å². The minimum Gasteiger partial charge on any atom is -0.359 e. The average Bonchev–Trinajstić information content (AvgIpc) is 3.37. The van der Waals surface area contributed by atoms with Gasteiger partial charge in [-0.05, 0) is 49.2 Å². The zero-order valence-corrected chi connectivity index (χ0v) is 15.3. The zero-order valence-electron chi connectivity index (χ0n) is 15.3. The van der Waals surface area contributed by atoms with E-state index in [2.05, 4.69) is 15.2 Å². The Kier molecular flexibility index (Phi) is 4.89. The Hall–Kier alpha value is -3.10. The maximum atomic E-state index is 13.1. The largest absolute Gasteiger partial charge is 0.417 e. The third kappa shape index (κ3) is 4.03. The third-order valence-electron chi connectivity index (χ3n) is 5.12. The highest BCUT2D eigenvalue weighted by Gasteiger charge is 2.32. The summed E-state index contributed by atoms with van der Waals surface area (Å²) >= 11 is 0. The fourth-order valence-electron chi connectivity index (χ4n) is 3.58. The van der Waals surface area contributed by atoms with Crippen molar-refractivity contribution in [1.29, 1.82) is 0 Å². The van der Waals surface area contributed by atoms with Crippen LogP contribution in [0.15, 0.2) is 42.6 Å². The first kappa shape index (κ1) is 19.2. The first-order valence-corrected chi connectivity index (χ1v) is 9.17. The van der Waals surface area contributed by atoms with E-state index in [4.69, 9.17) is 0 Å². The molecule has 0 saturated carbocycles. The second kappa shape index (κ2) is 7.38. The van der Waals surface area contributed by atoms with Crippen molar-refractivity contribution in [3.63, 3.8) is 0 Å². The number of likely N-dealkylation sites (tertiary alicyclic amines) is 1. The molecule has 1 atom stereocenters. The van der Waals surface area contributed by atoms with E-state index in [1.165, 1.54) is 24.3 Å². The van der Waals surface area contributed by atoms with E-state index in [1.807, 2.05) is 0 Å². The molecule has 0 bridgehead atoms. The number of carbonyl (C=O) groups is 1. The first-order chi connectivity index (χ1) is 13.8. The van der Waals surface area contributed by atoms with Crippen molar-refractivity contribution in [2.24, 2.45) is 0 Å². The minimum atomic E-state index is -4.42. The lowest BCUT2D eigenvalue weighted by molar-refractivity contribution is -0.137. The molecule has 0 radical (unpaired) electrons. The molecule has 3 heterocycles. The Morgan fingerprint density at radius 3 is 2.62 bits per heavy atom. The maximum Gasteiger partial charge on any atom is 0.417 e. The van der Waals surface area contributed by atoms with Gasteiger partial charge in [-0.2, -0.15) is 18.3 Å². The lowest BCUT2D eigenvalue weighted by atomic mass is 9.94. The molecule has 1 fully saturated rings. The van der Waals surface area contributed by atoms with Gasteiger partial charge in [-0.15, -0.1) is 0 Å². The number of nitrogens with zero attached hydrogens (tertiary/aromatic N) is 2. The lowest BCUT2D eigenvalue weighted by Crippen LogP contribution is -2.39. The Balaban J connectivity index is 1.48. The minimum absolute atomic E-state index is 0.00792. The van der Waals surface area contributed by atoms with Gasteiger partial charge < -0.3 is 9.88 Å². The number of halogens is 4. The Bertz CT molecular complexity index is 1010. The molecule has 29 heavy (non-hydrogen) atoms. The molecule has 3 aromatic rings. The molecule has 5 nitrogen and oxygen atoms in total. The number of hydrogen-bond donors (Lipinski definition) is 2. The molecule has 1 aliphatic heterocycles. The molecule has 1 amide bonds. The van der Waals surface area contributed by atoms with Crippen LogP contribution in [0.4, 0.5) is 17.6 Å². The number of benzene rings is 1. The highest BCUT2D eigenvalue weighted by atomic mass is 19.4. The average molecular weight is 406 g/mol. The molecule has 1 saturated heterocycles. The number of nitrogens with one attached hydrogen (secondary N) is 2. The number of amides is 1. The SMILES string of the molecule is O=C(c1ccc(F)cc1)N1CCC[C@H](c2cc(-c3cc(C(F)(F)F)c[nH]3)n[nH]2)C1. The summed E-state index contributed by atoms with van der Waals surface area (Å²) in [6, 6.07) is 8.15. The fourth-order valence-corrected chi connectivity index (χ4v) is 3.58. The molecule has 9 heteroatoms. The standard InChI is InChI=1S/C20H18F4N4O/c21-15-5-3-12(4-6-15)19(29)28-7-1-2-13(11-28)16-9-18(27-26-16)17-8-14(10-25-17)20(22,23)24/h3-6,8-10,13,25H,1-2,7,11H2,(H,26,27)/t13-/m0/s1. The molecule has 1 aromatic carbocycles. The van der Waals surface area contributed by atoms with Crippen LogP contribution in [0, 0.1) is 5.82 Å². The molecule has 4 rings (SSSR count). The Morgan fingerprint density at radius 1 is 1.17 bits per heavy atom. The van der Waals surface area contributed by atoms with Crippen LogP contribution in [0.5, 0.6) is 0 Å². The summed E-state index contributed by atoms with van der Waals surface area (Å²) in [5.74, 6) is -0.582. The van der Waals surface area contributed by atoms with E-state index in [1.54, 1.807) is 11.0 Å². The summed E-state index contributed by atoms with van der Waals surface area (Å²) in [5.41, 5.74) is 1.08. The third-order valence-corrected chi connectivity index (χ3v) is 5.12. The molecule has 0 aliphatic carbocycles. The van der Waals surface area contributed by atoms with Crippen LogP contribution in [0.2, 0.25) is 0 Å². The number of rotatable bonds is 3. The van der Waals surface area contributed by atoms with Gasteiger partial charge in [0.25, 0.3) is 5.91 Å².